The van der Waals surface area contributed by atoms with E-state index in [2.05, 4.69) is 60.4 Å². The molecule has 214 valence electrons. The summed E-state index contributed by atoms with van der Waals surface area (Å²) in [6.45, 7) is 23.0. The topological polar surface area (TPSA) is 32.7 Å². The number of ether oxygens (including phenoxy) is 1. The Kier molecular flexibility index (Phi) is 51.3. The van der Waals surface area contributed by atoms with E-state index < -0.39 is 12.6 Å². The summed E-state index contributed by atoms with van der Waals surface area (Å²) in [6, 6.07) is 0. The van der Waals surface area contributed by atoms with Crippen LogP contribution in [0.25, 0.3) is 0 Å². The van der Waals surface area contributed by atoms with Crippen LogP contribution < -0.4 is 0 Å². The molecule has 0 fully saturated rings. The summed E-state index contributed by atoms with van der Waals surface area (Å²) in [6.07, 6.45) is 7.75. The number of hydrogen-bond acceptors (Lipinski definition) is 3. The molecule has 0 bridgehead atoms. The van der Waals surface area contributed by atoms with Crippen molar-refractivity contribution in [1.29, 1.82) is 0 Å². The summed E-state index contributed by atoms with van der Waals surface area (Å²) in [5.41, 5.74) is 0. The smallest absolute Gasteiger partial charge is 0.389 e. The van der Waals surface area contributed by atoms with Gasteiger partial charge in [-0.15, -0.1) is 0 Å². The molecule has 0 saturated heterocycles. The molecular weight excluding hydrogens is 439 g/mol. The van der Waals surface area contributed by atoms with E-state index in [0.717, 1.165) is 38.9 Å². The highest BCUT2D eigenvalue weighted by molar-refractivity contribution is 4.52. The lowest BCUT2D eigenvalue weighted by Gasteiger charge is -2.12. The molecule has 3 nitrogen and oxygen atoms in total. The van der Waals surface area contributed by atoms with Gasteiger partial charge in [0.05, 0.1) is 0 Å². The van der Waals surface area contributed by atoms with Gasteiger partial charge >= 0.3 is 6.18 Å². The largest absolute Gasteiger partial charge is 0.396 e. The maximum Gasteiger partial charge on any atom is 0.389 e. The van der Waals surface area contributed by atoms with Gasteiger partial charge in [0.25, 0.3) is 0 Å². The molecule has 0 aromatic heterocycles. The fourth-order valence-corrected chi connectivity index (χ4v) is 2.39. The summed E-state index contributed by atoms with van der Waals surface area (Å²) in [4.78, 5) is 2.36. The van der Waals surface area contributed by atoms with Crippen LogP contribution in [0.5, 0.6) is 0 Å². The highest BCUT2D eigenvalue weighted by Crippen LogP contribution is 2.23. The fraction of sp³-hybridized carbons (Fsp3) is 1.00. The summed E-state index contributed by atoms with van der Waals surface area (Å²) in [7, 11) is 2.17. The number of unbranched alkanes of at least 4 members (excludes halogenated alkanes) is 4. The molecule has 34 heavy (non-hydrogen) atoms. The van der Waals surface area contributed by atoms with Crippen molar-refractivity contribution < 1.29 is 23.0 Å². The van der Waals surface area contributed by atoms with E-state index in [1.54, 1.807) is 13.8 Å². The summed E-state index contributed by atoms with van der Waals surface area (Å²) < 4.78 is 39.1. The monoisotopic (exact) mass is 503 g/mol. The van der Waals surface area contributed by atoms with Crippen LogP contribution in [-0.2, 0) is 4.74 Å². The third kappa shape index (κ3) is 77.0. The second-order valence-corrected chi connectivity index (χ2v) is 8.91. The van der Waals surface area contributed by atoms with Crippen LogP contribution >= 0.6 is 0 Å². The SMILES string of the molecule is CC(C)CC(F)(F)F.CCCCCC.CCCCO.CCCN(C)CCC.CCCOCCC. The van der Waals surface area contributed by atoms with Gasteiger partial charge in [-0.2, -0.15) is 13.2 Å². The van der Waals surface area contributed by atoms with Crippen LogP contribution in [0.3, 0.4) is 0 Å². The Morgan fingerprint density at radius 3 is 1.21 bits per heavy atom. The van der Waals surface area contributed by atoms with Gasteiger partial charge in [0.1, 0.15) is 0 Å². The molecule has 0 aromatic carbocycles. The lowest BCUT2D eigenvalue weighted by Crippen LogP contribution is -2.19. The molecule has 0 unspecified atom stereocenters. The first kappa shape index (κ1) is 43.7. The van der Waals surface area contributed by atoms with Gasteiger partial charge in [-0.1, -0.05) is 94.4 Å². The van der Waals surface area contributed by atoms with Crippen molar-refractivity contribution in [2.24, 2.45) is 5.92 Å². The number of aliphatic hydroxyl groups excluding tert-OH is 1. The molecular formula is C28H64F3NO2. The van der Waals surface area contributed by atoms with Gasteiger partial charge in [0.15, 0.2) is 0 Å². The second kappa shape index (κ2) is 39.9. The molecule has 0 aromatic rings. The van der Waals surface area contributed by atoms with Gasteiger partial charge in [-0.05, 0) is 58.2 Å². The van der Waals surface area contributed by atoms with Crippen molar-refractivity contribution in [1.82, 2.24) is 4.90 Å². The van der Waals surface area contributed by atoms with Gasteiger partial charge in [-0.25, -0.2) is 0 Å². The highest BCUT2D eigenvalue weighted by atomic mass is 19.4. The first-order valence-electron chi connectivity index (χ1n) is 13.9. The molecule has 0 atom stereocenters. The number of nitrogens with zero attached hydrogens (tertiary/aromatic N) is 1. The van der Waals surface area contributed by atoms with Crippen molar-refractivity contribution in [2.75, 3.05) is 40.0 Å². The first-order valence-corrected chi connectivity index (χ1v) is 13.9. The molecule has 0 rings (SSSR count). The third-order valence-electron chi connectivity index (χ3n) is 4.02. The average molecular weight is 504 g/mol. The van der Waals surface area contributed by atoms with Gasteiger partial charge in [0, 0.05) is 26.2 Å². The number of hydrogen-bond donors (Lipinski definition) is 1. The Labute approximate surface area is 213 Å². The highest BCUT2D eigenvalue weighted by Gasteiger charge is 2.27. The van der Waals surface area contributed by atoms with E-state index in [-0.39, 0.29) is 5.92 Å². The molecule has 0 saturated carbocycles. The molecule has 0 spiro atoms. The normalized spacial score (nSPS) is 10.2. The molecule has 0 radical (unpaired) electrons. The lowest BCUT2D eigenvalue weighted by atomic mass is 10.1. The van der Waals surface area contributed by atoms with Gasteiger partial charge in [-0.3, -0.25) is 0 Å². The van der Waals surface area contributed by atoms with Crippen molar-refractivity contribution in [3.63, 3.8) is 0 Å². The molecule has 0 aliphatic heterocycles. The molecule has 0 heterocycles. The minimum absolute atomic E-state index is 0.282. The Morgan fingerprint density at radius 1 is 0.676 bits per heavy atom. The van der Waals surface area contributed by atoms with Crippen molar-refractivity contribution >= 4 is 0 Å². The standard InChI is InChI=1S/C7H17N.C6H14O.C6H14.C5H9F3.C4H10O/c1-4-6-8(3)7-5-2;1-3-5-7-6-4-2;1-3-5-6-4-2;1-4(2)3-5(6,7)8;1-2-3-4-5/h4-7H2,1-3H3;3-6H2,1-2H3;3-6H2,1-2H3;4H,3H2,1-2H3;5H,2-4H2,1H3. The number of halogens is 3. The predicted octanol–water partition coefficient (Wildman–Crippen LogP) is 9.52. The van der Waals surface area contributed by atoms with E-state index in [0.29, 0.717) is 6.61 Å². The molecule has 0 aliphatic rings. The summed E-state index contributed by atoms with van der Waals surface area (Å²) in [5, 5.41) is 8.07. The Bertz CT molecular complexity index is 286. The van der Waals surface area contributed by atoms with Gasteiger partial charge in [0.2, 0.25) is 0 Å². The van der Waals surface area contributed by atoms with Gasteiger partial charge < -0.3 is 14.7 Å². The Hall–Kier alpha value is -0.330. The number of alkyl halides is 3. The van der Waals surface area contributed by atoms with E-state index >= 15 is 0 Å². The first-order chi connectivity index (χ1) is 16.0. The maximum absolute atomic E-state index is 11.3. The Balaban J connectivity index is -0.000000104. The zero-order chi connectivity index (χ0) is 27.7. The van der Waals surface area contributed by atoms with Crippen molar-refractivity contribution in [2.45, 2.75) is 139 Å². The van der Waals surface area contributed by atoms with Crippen LogP contribution in [0, 0.1) is 5.92 Å². The summed E-state index contributed by atoms with van der Waals surface area (Å²) in [5.74, 6) is -0.282. The van der Waals surface area contributed by atoms with E-state index in [4.69, 9.17) is 9.84 Å². The minimum Gasteiger partial charge on any atom is -0.396 e. The maximum atomic E-state index is 11.3. The molecule has 0 amide bonds. The van der Waals surface area contributed by atoms with Crippen LogP contribution in [0.1, 0.15) is 133 Å². The quantitative estimate of drug-likeness (QED) is 0.240. The van der Waals surface area contributed by atoms with Crippen LogP contribution in [0.15, 0.2) is 0 Å². The van der Waals surface area contributed by atoms with Crippen LogP contribution in [0.4, 0.5) is 13.2 Å². The molecule has 0 aliphatic carbocycles. The van der Waals surface area contributed by atoms with E-state index in [1.165, 1.54) is 51.6 Å². The molecule has 6 heteroatoms. The van der Waals surface area contributed by atoms with Crippen LogP contribution in [-0.4, -0.2) is 56.1 Å². The van der Waals surface area contributed by atoms with Crippen molar-refractivity contribution in [3.8, 4) is 0 Å². The second-order valence-electron chi connectivity index (χ2n) is 8.91. The zero-order valence-corrected chi connectivity index (χ0v) is 24.8. The van der Waals surface area contributed by atoms with E-state index in [9.17, 15) is 13.2 Å². The van der Waals surface area contributed by atoms with E-state index in [1.807, 2.05) is 0 Å². The average Bonchev–Trinajstić information content (AvgIpc) is 2.74. The predicted molar refractivity (Wildman–Crippen MR) is 147 cm³/mol. The number of rotatable bonds is 14. The lowest BCUT2D eigenvalue weighted by molar-refractivity contribution is -0.141. The fourth-order valence-electron chi connectivity index (χ4n) is 2.39. The zero-order valence-electron chi connectivity index (χ0n) is 24.8. The third-order valence-corrected chi connectivity index (χ3v) is 4.02. The number of aliphatic hydroxyl groups is 1. The minimum atomic E-state index is -3.98. The molecule has 1 N–H and O–H groups in total. The Morgan fingerprint density at radius 2 is 1.06 bits per heavy atom. The van der Waals surface area contributed by atoms with Crippen LogP contribution in [0.2, 0.25) is 0 Å². The van der Waals surface area contributed by atoms with Crippen molar-refractivity contribution in [3.05, 3.63) is 0 Å². The summed E-state index contributed by atoms with van der Waals surface area (Å²) >= 11 is 0.